The van der Waals surface area contributed by atoms with Crippen molar-refractivity contribution in [3.63, 3.8) is 0 Å². The standard InChI is InChI=1S/C19H16ClF3N4O4S/c1-31-14-4-2-11(15(20)8-14)6-18(28)26-13-3-5-16(17(7-13)32(24,29)30)27-10-12(9-25-27)19(21,22)23/h2-5,7-10H,6H2,1H3,(H,26,28)(H2,24,29,30). The van der Waals surface area contributed by atoms with Crippen LogP contribution in [-0.2, 0) is 27.4 Å². The minimum Gasteiger partial charge on any atom is -0.497 e. The van der Waals surface area contributed by atoms with Crippen LogP contribution in [0, 0.1) is 0 Å². The minimum atomic E-state index is -4.66. The highest BCUT2D eigenvalue weighted by Gasteiger charge is 2.32. The topological polar surface area (TPSA) is 116 Å². The number of primary sulfonamides is 1. The van der Waals surface area contributed by atoms with Gasteiger partial charge in [0, 0.05) is 16.9 Å². The lowest BCUT2D eigenvalue weighted by molar-refractivity contribution is -0.137. The van der Waals surface area contributed by atoms with E-state index < -0.39 is 32.6 Å². The van der Waals surface area contributed by atoms with E-state index in [1.807, 2.05) is 0 Å². The molecule has 0 aliphatic carbocycles. The number of halogens is 4. The van der Waals surface area contributed by atoms with E-state index in [-0.39, 0.29) is 17.8 Å². The molecular formula is C19H16ClF3N4O4S. The number of alkyl halides is 3. The van der Waals surface area contributed by atoms with Crippen LogP contribution in [-0.4, -0.2) is 31.2 Å². The molecule has 0 spiro atoms. The summed E-state index contributed by atoms with van der Waals surface area (Å²) in [7, 11) is -2.90. The second kappa shape index (κ2) is 8.81. The third-order valence-corrected chi connectivity index (χ3v) is 5.61. The van der Waals surface area contributed by atoms with E-state index in [2.05, 4.69) is 10.4 Å². The lowest BCUT2D eigenvalue weighted by Crippen LogP contribution is -2.18. The lowest BCUT2D eigenvalue weighted by atomic mass is 10.1. The highest BCUT2D eigenvalue weighted by atomic mass is 35.5. The second-order valence-corrected chi connectivity index (χ2v) is 8.52. The van der Waals surface area contributed by atoms with Gasteiger partial charge >= 0.3 is 6.18 Å². The molecule has 0 fully saturated rings. The Labute approximate surface area is 185 Å². The number of benzene rings is 2. The summed E-state index contributed by atoms with van der Waals surface area (Å²) >= 11 is 6.12. The number of nitrogens with zero attached hydrogens (tertiary/aromatic N) is 2. The summed E-state index contributed by atoms with van der Waals surface area (Å²) < 4.78 is 68.4. The summed E-state index contributed by atoms with van der Waals surface area (Å²) in [5.74, 6) is 0.00322. The van der Waals surface area contributed by atoms with Gasteiger partial charge in [0.2, 0.25) is 15.9 Å². The number of sulfonamides is 1. The van der Waals surface area contributed by atoms with Crippen LogP contribution in [0.4, 0.5) is 18.9 Å². The Morgan fingerprint density at radius 2 is 1.97 bits per heavy atom. The number of nitrogens with two attached hydrogens (primary N) is 1. The number of aromatic nitrogens is 2. The molecule has 1 heterocycles. The Balaban J connectivity index is 1.87. The first-order chi connectivity index (χ1) is 14.9. The molecule has 1 amide bonds. The van der Waals surface area contributed by atoms with E-state index in [0.717, 1.165) is 10.7 Å². The Hall–Kier alpha value is -3.09. The van der Waals surface area contributed by atoms with Gasteiger partial charge in [-0.25, -0.2) is 18.2 Å². The predicted molar refractivity (Wildman–Crippen MR) is 110 cm³/mol. The average Bonchev–Trinajstić information content (AvgIpc) is 3.19. The Kier molecular flexibility index (Phi) is 6.49. The highest BCUT2D eigenvalue weighted by molar-refractivity contribution is 7.89. The third kappa shape index (κ3) is 5.39. The van der Waals surface area contributed by atoms with Crippen LogP contribution in [0.5, 0.6) is 5.75 Å². The van der Waals surface area contributed by atoms with Crippen LogP contribution < -0.4 is 15.2 Å². The van der Waals surface area contributed by atoms with Crippen molar-refractivity contribution in [1.82, 2.24) is 9.78 Å². The molecule has 0 aliphatic heterocycles. The Morgan fingerprint density at radius 3 is 2.53 bits per heavy atom. The van der Waals surface area contributed by atoms with Gasteiger partial charge in [0.15, 0.2) is 0 Å². The molecule has 3 N–H and O–H groups in total. The van der Waals surface area contributed by atoms with E-state index in [1.165, 1.54) is 25.3 Å². The van der Waals surface area contributed by atoms with Gasteiger partial charge in [0.25, 0.3) is 0 Å². The van der Waals surface area contributed by atoms with Gasteiger partial charge in [0.05, 0.1) is 31.0 Å². The second-order valence-electron chi connectivity index (χ2n) is 6.58. The molecule has 0 aliphatic rings. The first kappa shape index (κ1) is 23.6. The van der Waals surface area contributed by atoms with Gasteiger partial charge in [-0.3, -0.25) is 4.79 Å². The summed E-state index contributed by atoms with van der Waals surface area (Å²) in [6.45, 7) is 0. The van der Waals surface area contributed by atoms with E-state index >= 15 is 0 Å². The SMILES string of the molecule is COc1ccc(CC(=O)Nc2ccc(-n3cc(C(F)(F)F)cn3)c(S(N)(=O)=O)c2)c(Cl)c1. The fourth-order valence-corrected chi connectivity index (χ4v) is 3.77. The molecule has 0 radical (unpaired) electrons. The molecule has 3 aromatic rings. The number of nitrogens with one attached hydrogen (secondary N) is 1. The van der Waals surface area contributed by atoms with E-state index in [9.17, 15) is 26.4 Å². The van der Waals surface area contributed by atoms with E-state index in [1.54, 1.807) is 12.1 Å². The summed E-state index contributed by atoms with van der Waals surface area (Å²) in [4.78, 5) is 11.9. The van der Waals surface area contributed by atoms with Gasteiger partial charge in [-0.1, -0.05) is 17.7 Å². The number of anilines is 1. The number of rotatable bonds is 6. The molecule has 0 atom stereocenters. The van der Waals surface area contributed by atoms with Crippen molar-refractivity contribution >= 4 is 33.2 Å². The van der Waals surface area contributed by atoms with Crippen LogP contribution in [0.2, 0.25) is 5.02 Å². The largest absolute Gasteiger partial charge is 0.497 e. The average molecular weight is 489 g/mol. The fraction of sp³-hybridized carbons (Fsp3) is 0.158. The first-order valence-electron chi connectivity index (χ1n) is 8.80. The summed E-state index contributed by atoms with van der Waals surface area (Å²) in [6.07, 6.45) is -3.59. The van der Waals surface area contributed by atoms with Crippen molar-refractivity contribution in [3.8, 4) is 11.4 Å². The van der Waals surface area contributed by atoms with E-state index in [0.29, 0.717) is 28.7 Å². The molecule has 13 heteroatoms. The molecule has 0 saturated carbocycles. The molecule has 170 valence electrons. The summed E-state index contributed by atoms with van der Waals surface area (Å²) in [5.41, 5.74) is -0.703. The molecule has 2 aromatic carbocycles. The molecule has 3 rings (SSSR count). The zero-order valence-corrected chi connectivity index (χ0v) is 17.9. The van der Waals surface area contributed by atoms with Crippen molar-refractivity contribution in [2.75, 3.05) is 12.4 Å². The predicted octanol–water partition coefficient (Wildman–Crippen LogP) is 3.38. The fourth-order valence-electron chi connectivity index (χ4n) is 2.79. The number of amides is 1. The molecule has 1 aromatic heterocycles. The molecule has 32 heavy (non-hydrogen) atoms. The summed E-state index contributed by atoms with van der Waals surface area (Å²) in [5, 5.41) is 11.6. The minimum absolute atomic E-state index is 0.0654. The number of hydrogen-bond acceptors (Lipinski definition) is 5. The van der Waals surface area contributed by atoms with E-state index in [4.69, 9.17) is 21.5 Å². The molecule has 8 nitrogen and oxygen atoms in total. The third-order valence-electron chi connectivity index (χ3n) is 4.32. The van der Waals surface area contributed by atoms with Crippen molar-refractivity contribution in [2.45, 2.75) is 17.5 Å². The van der Waals surface area contributed by atoms with Crippen LogP contribution in [0.15, 0.2) is 53.7 Å². The van der Waals surface area contributed by atoms with Crippen LogP contribution in [0.1, 0.15) is 11.1 Å². The van der Waals surface area contributed by atoms with Gasteiger partial charge in [-0.05, 0) is 35.9 Å². The smallest absolute Gasteiger partial charge is 0.419 e. The molecule has 0 unspecified atom stereocenters. The van der Waals surface area contributed by atoms with Gasteiger partial charge in [0.1, 0.15) is 10.6 Å². The number of carbonyl (C=O) groups excluding carboxylic acids is 1. The van der Waals surface area contributed by atoms with Crippen molar-refractivity contribution < 1.29 is 31.1 Å². The molecule has 0 saturated heterocycles. The quantitative estimate of drug-likeness (QED) is 0.551. The Morgan fingerprint density at radius 1 is 1.25 bits per heavy atom. The zero-order valence-electron chi connectivity index (χ0n) is 16.4. The first-order valence-corrected chi connectivity index (χ1v) is 10.7. The van der Waals surface area contributed by atoms with Gasteiger partial charge in [-0.2, -0.15) is 18.3 Å². The number of methoxy groups -OCH3 is 1. The maximum atomic E-state index is 12.8. The Bertz CT molecular complexity index is 1280. The van der Waals surface area contributed by atoms with Crippen molar-refractivity contribution in [2.24, 2.45) is 5.14 Å². The number of ether oxygens (including phenoxy) is 1. The number of hydrogen-bond donors (Lipinski definition) is 2. The normalized spacial score (nSPS) is 11.9. The van der Waals surface area contributed by atoms with Gasteiger partial charge < -0.3 is 10.1 Å². The van der Waals surface area contributed by atoms with Gasteiger partial charge in [-0.15, -0.1) is 0 Å². The zero-order chi connectivity index (χ0) is 23.7. The van der Waals surface area contributed by atoms with Crippen LogP contribution >= 0.6 is 11.6 Å². The monoisotopic (exact) mass is 488 g/mol. The maximum Gasteiger partial charge on any atom is 0.419 e. The number of carbonyl (C=O) groups is 1. The van der Waals surface area contributed by atoms with Crippen molar-refractivity contribution in [1.29, 1.82) is 0 Å². The van der Waals surface area contributed by atoms with Crippen LogP contribution in [0.25, 0.3) is 5.69 Å². The molecule has 0 bridgehead atoms. The summed E-state index contributed by atoms with van der Waals surface area (Å²) in [6, 6.07) is 8.30. The van der Waals surface area contributed by atoms with Crippen molar-refractivity contribution in [3.05, 3.63) is 64.9 Å². The maximum absolute atomic E-state index is 12.8. The lowest BCUT2D eigenvalue weighted by Gasteiger charge is -2.12. The molecular weight excluding hydrogens is 473 g/mol. The highest BCUT2D eigenvalue weighted by Crippen LogP contribution is 2.31. The van der Waals surface area contributed by atoms with Crippen LogP contribution in [0.3, 0.4) is 0 Å².